The number of hydrogen-bond acceptors (Lipinski definition) is 0. The summed E-state index contributed by atoms with van der Waals surface area (Å²) in [6, 6.07) is 0. The molecule has 2 heteroatoms. The van der Waals surface area contributed by atoms with E-state index >= 15 is 0 Å². The lowest BCUT2D eigenvalue weighted by atomic mass is 10.6. The highest BCUT2D eigenvalue weighted by molar-refractivity contribution is 6.17. The van der Waals surface area contributed by atoms with Crippen molar-refractivity contribution in [3.63, 3.8) is 0 Å². The Morgan fingerprint density at radius 3 is 1.80 bits per heavy atom. The second-order valence-electron chi connectivity index (χ2n) is 0.689. The molecule has 0 amide bonds. The Bertz CT molecular complexity index is 8.85. The third-order valence-corrected chi connectivity index (χ3v) is 0.567. The minimum absolute atomic E-state index is 0. The number of hydrogen-bond donors (Lipinski definition) is 0. The van der Waals surface area contributed by atoms with E-state index in [1.807, 2.05) is 6.92 Å². The molecule has 0 aromatic heterocycles. The largest absolute Gasteiger partial charge is 0.316 e. The highest BCUT2D eigenvalue weighted by atomic mass is 35.5. The highest BCUT2D eigenvalue weighted by Crippen LogP contribution is 1.75. The predicted molar refractivity (Wildman–Crippen MR) is 29.6 cm³/mol. The maximum absolute atomic E-state index is 5.19. The molecule has 0 fully saturated rings. The normalized spacial score (nSPS) is 6.00. The van der Waals surface area contributed by atoms with Crippen molar-refractivity contribution in [1.29, 1.82) is 0 Å². The fourth-order valence-electron chi connectivity index (χ4n) is 0. The molecule has 0 nitrogen and oxygen atoms in total. The van der Waals surface area contributed by atoms with E-state index in [9.17, 15) is 0 Å². The fraction of sp³-hybridized carbons (Fsp3) is 1.00. The zero-order valence-corrected chi connectivity index (χ0v) is 3.55. The molecule has 0 aliphatic rings. The van der Waals surface area contributed by atoms with Gasteiger partial charge in [0.2, 0.25) is 0 Å². The van der Waals surface area contributed by atoms with Gasteiger partial charge in [-0.05, 0) is 6.42 Å². The maximum atomic E-state index is 5.19. The van der Waals surface area contributed by atoms with Crippen molar-refractivity contribution in [3.05, 3.63) is 0 Å². The topological polar surface area (TPSA) is 0 Å². The van der Waals surface area contributed by atoms with Crippen LogP contribution in [-0.4, -0.2) is 28.9 Å². The van der Waals surface area contributed by atoms with Gasteiger partial charge in [0.15, 0.2) is 0 Å². The van der Waals surface area contributed by atoms with Crippen LogP contribution in [0.15, 0.2) is 0 Å². The number of rotatable bonds is 1. The first-order valence-corrected chi connectivity index (χ1v) is 2.01. The van der Waals surface area contributed by atoms with Gasteiger partial charge >= 0.3 is 23.1 Å². The summed E-state index contributed by atoms with van der Waals surface area (Å²) in [6.07, 6.45) is 1.08. The lowest BCUT2D eigenvalue weighted by molar-refractivity contribution is 1.10. The molecule has 0 aromatic rings. The van der Waals surface area contributed by atoms with Crippen LogP contribution < -0.4 is 0 Å². The minimum atomic E-state index is 0. The highest BCUT2D eigenvalue weighted by Gasteiger charge is 1.59. The average Bonchev–Trinajstić information content (AvgIpc) is 1.37. The van der Waals surface area contributed by atoms with E-state index < -0.39 is 0 Å². The summed E-state index contributed by atoms with van der Waals surface area (Å²) in [5.74, 6) is 0.792. The first kappa shape index (κ1) is 9.41. The summed E-state index contributed by atoms with van der Waals surface area (Å²) in [5.41, 5.74) is 0. The van der Waals surface area contributed by atoms with Crippen molar-refractivity contribution in [1.82, 2.24) is 0 Å². The Balaban J connectivity index is 0. The minimum Gasteiger partial charge on any atom is -0.127 e. The summed E-state index contributed by atoms with van der Waals surface area (Å²) < 4.78 is 0. The molecule has 0 N–H and O–H groups in total. The standard InChI is InChI=1S/C3H7Cl.Mg.2H/c1-2-3-4;;;/h2-3H2,1H3;;;. The first-order chi connectivity index (χ1) is 1.91. The van der Waals surface area contributed by atoms with Crippen LogP contribution in [0, 0.1) is 0 Å². The van der Waals surface area contributed by atoms with Gasteiger partial charge in [-0.25, -0.2) is 0 Å². The van der Waals surface area contributed by atoms with Crippen LogP contribution in [0.4, 0.5) is 0 Å². The van der Waals surface area contributed by atoms with E-state index in [2.05, 4.69) is 0 Å². The Kier molecular flexibility index (Phi) is 16.8. The molecule has 0 aliphatic heterocycles. The molecule has 0 unspecified atom stereocenters. The van der Waals surface area contributed by atoms with Crippen molar-refractivity contribution in [2.45, 2.75) is 13.3 Å². The van der Waals surface area contributed by atoms with Crippen LogP contribution >= 0.6 is 11.6 Å². The number of halogens is 1. The summed E-state index contributed by atoms with van der Waals surface area (Å²) in [6.45, 7) is 2.05. The van der Waals surface area contributed by atoms with E-state index in [1.165, 1.54) is 0 Å². The molecule has 0 spiro atoms. The van der Waals surface area contributed by atoms with Gasteiger partial charge < -0.3 is 0 Å². The van der Waals surface area contributed by atoms with Gasteiger partial charge in [0.1, 0.15) is 0 Å². The average molecular weight is 105 g/mol. The Hall–Kier alpha value is 1.06. The lowest BCUT2D eigenvalue weighted by Crippen LogP contribution is -1.55. The van der Waals surface area contributed by atoms with Gasteiger partial charge in [-0.15, -0.1) is 11.6 Å². The van der Waals surface area contributed by atoms with Crippen LogP contribution in [0.5, 0.6) is 0 Å². The third kappa shape index (κ3) is 11.2. The van der Waals surface area contributed by atoms with Crippen molar-refractivity contribution < 1.29 is 0 Å². The second-order valence-corrected chi connectivity index (χ2v) is 1.07. The SMILES string of the molecule is CCCCl.[MgH2]. The summed E-state index contributed by atoms with van der Waals surface area (Å²) in [7, 11) is 0. The molecule has 0 atom stereocenters. The molecule has 30 valence electrons. The van der Waals surface area contributed by atoms with E-state index in [0.29, 0.717) is 0 Å². The molecule has 0 heterocycles. The summed E-state index contributed by atoms with van der Waals surface area (Å²) in [5, 5.41) is 0. The fourth-order valence-corrected chi connectivity index (χ4v) is 0. The molecule has 0 aromatic carbocycles. The molecule has 5 heavy (non-hydrogen) atoms. The van der Waals surface area contributed by atoms with Gasteiger partial charge in [-0.3, -0.25) is 0 Å². The van der Waals surface area contributed by atoms with Gasteiger partial charge in [0.25, 0.3) is 0 Å². The lowest BCUT2D eigenvalue weighted by Gasteiger charge is -1.65. The van der Waals surface area contributed by atoms with Crippen molar-refractivity contribution >= 4 is 34.7 Å². The zero-order chi connectivity index (χ0) is 3.41. The van der Waals surface area contributed by atoms with E-state index in [4.69, 9.17) is 11.6 Å². The van der Waals surface area contributed by atoms with Crippen LogP contribution in [0.2, 0.25) is 0 Å². The second kappa shape index (κ2) is 8.91. The smallest absolute Gasteiger partial charge is 0.127 e. The molecule has 0 radical (unpaired) electrons. The zero-order valence-electron chi connectivity index (χ0n) is 2.79. The quantitative estimate of drug-likeness (QED) is 0.340. The van der Waals surface area contributed by atoms with Gasteiger partial charge in [0, 0.05) is 5.88 Å². The molecular weight excluding hydrogens is 95.8 g/mol. The van der Waals surface area contributed by atoms with Crippen molar-refractivity contribution in [2.24, 2.45) is 0 Å². The van der Waals surface area contributed by atoms with Gasteiger partial charge in [-0.2, -0.15) is 0 Å². The van der Waals surface area contributed by atoms with Crippen LogP contribution in [-0.2, 0) is 0 Å². The maximum Gasteiger partial charge on any atom is 0.316 e. The van der Waals surface area contributed by atoms with Crippen LogP contribution in [0.3, 0.4) is 0 Å². The van der Waals surface area contributed by atoms with Crippen LogP contribution in [0.25, 0.3) is 0 Å². The molecule has 0 rings (SSSR count). The third-order valence-electron chi connectivity index (χ3n) is 0.189. The Morgan fingerprint density at radius 2 is 1.80 bits per heavy atom. The first-order valence-electron chi connectivity index (χ1n) is 1.47. The molecule has 0 saturated carbocycles. The summed E-state index contributed by atoms with van der Waals surface area (Å²) in [4.78, 5) is 0. The van der Waals surface area contributed by atoms with E-state index in [1.54, 1.807) is 0 Å². The van der Waals surface area contributed by atoms with Gasteiger partial charge in [0.05, 0.1) is 0 Å². The van der Waals surface area contributed by atoms with Crippen molar-refractivity contribution in [3.8, 4) is 0 Å². The number of alkyl halides is 1. The molecule has 0 aliphatic carbocycles. The molecular formula is C3H9ClMg. The Morgan fingerprint density at radius 1 is 1.60 bits per heavy atom. The van der Waals surface area contributed by atoms with Gasteiger partial charge in [-0.1, -0.05) is 6.92 Å². The molecule has 0 saturated heterocycles. The van der Waals surface area contributed by atoms with Crippen LogP contribution in [0.1, 0.15) is 13.3 Å². The Labute approximate surface area is 54.0 Å². The molecule has 0 bridgehead atoms. The predicted octanol–water partition coefficient (Wildman–Crippen LogP) is 0.719. The van der Waals surface area contributed by atoms with E-state index in [-0.39, 0.29) is 23.1 Å². The van der Waals surface area contributed by atoms with E-state index in [0.717, 1.165) is 12.3 Å². The van der Waals surface area contributed by atoms with Crippen molar-refractivity contribution in [2.75, 3.05) is 5.88 Å². The summed E-state index contributed by atoms with van der Waals surface area (Å²) >= 11 is 5.19. The monoisotopic (exact) mass is 104 g/mol.